The second kappa shape index (κ2) is 3.68. The Morgan fingerprint density at radius 3 is 3.12 bits per heavy atom. The van der Waals surface area contributed by atoms with E-state index in [2.05, 4.69) is 0 Å². The standard InChI is InChI=1S/C12H7ClO2S/c13-7-4-5-9-11(6-7)16-12-8(14)2-1-3-10(12)15-9/h1,3-6H,2H2. The van der Waals surface area contributed by atoms with E-state index in [1.54, 1.807) is 6.07 Å². The molecule has 1 aromatic carbocycles. The highest BCUT2D eigenvalue weighted by molar-refractivity contribution is 8.04. The second-order valence-corrected chi connectivity index (χ2v) is 5.01. The molecular formula is C12H7ClO2S. The minimum absolute atomic E-state index is 0.105. The van der Waals surface area contributed by atoms with Crippen LogP contribution in [0.4, 0.5) is 0 Å². The molecule has 1 heterocycles. The van der Waals surface area contributed by atoms with Crippen LogP contribution in [0.2, 0.25) is 5.02 Å². The Morgan fingerprint density at radius 2 is 2.25 bits per heavy atom. The van der Waals surface area contributed by atoms with E-state index in [1.165, 1.54) is 11.8 Å². The quantitative estimate of drug-likeness (QED) is 0.704. The predicted molar refractivity (Wildman–Crippen MR) is 63.7 cm³/mol. The van der Waals surface area contributed by atoms with Crippen molar-refractivity contribution < 1.29 is 9.53 Å². The highest BCUT2D eigenvalue weighted by atomic mass is 35.5. The van der Waals surface area contributed by atoms with Crippen LogP contribution in [0.15, 0.2) is 45.9 Å². The van der Waals surface area contributed by atoms with E-state index in [1.807, 2.05) is 24.3 Å². The van der Waals surface area contributed by atoms with Gasteiger partial charge in [0.25, 0.3) is 0 Å². The van der Waals surface area contributed by atoms with Crippen LogP contribution in [0.5, 0.6) is 5.75 Å². The Labute approximate surface area is 102 Å². The van der Waals surface area contributed by atoms with E-state index in [0.717, 1.165) is 10.6 Å². The summed E-state index contributed by atoms with van der Waals surface area (Å²) in [7, 11) is 0. The highest BCUT2D eigenvalue weighted by Crippen LogP contribution is 2.44. The van der Waals surface area contributed by atoms with E-state index < -0.39 is 0 Å². The van der Waals surface area contributed by atoms with Gasteiger partial charge < -0.3 is 4.74 Å². The van der Waals surface area contributed by atoms with Gasteiger partial charge in [-0.15, -0.1) is 0 Å². The minimum Gasteiger partial charge on any atom is -0.455 e. The molecule has 0 fully saturated rings. The number of rotatable bonds is 0. The van der Waals surface area contributed by atoms with Crippen LogP contribution < -0.4 is 4.74 Å². The number of carbonyl (C=O) groups excluding carboxylic acids is 1. The van der Waals surface area contributed by atoms with Crippen LogP contribution in [-0.4, -0.2) is 5.78 Å². The number of ether oxygens (including phenoxy) is 1. The van der Waals surface area contributed by atoms with E-state index in [4.69, 9.17) is 16.3 Å². The molecule has 0 N–H and O–H groups in total. The molecule has 1 aliphatic heterocycles. The van der Waals surface area contributed by atoms with Crippen LogP contribution in [-0.2, 0) is 4.79 Å². The smallest absolute Gasteiger partial charge is 0.177 e. The van der Waals surface area contributed by atoms with Crippen LogP contribution in [0.25, 0.3) is 0 Å². The molecular weight excluding hydrogens is 244 g/mol. The fourth-order valence-electron chi connectivity index (χ4n) is 1.64. The topological polar surface area (TPSA) is 26.3 Å². The van der Waals surface area contributed by atoms with E-state index in [-0.39, 0.29) is 5.78 Å². The number of thioether (sulfide) groups is 1. The van der Waals surface area contributed by atoms with Crippen LogP contribution in [0.1, 0.15) is 6.42 Å². The fourth-order valence-corrected chi connectivity index (χ4v) is 2.90. The van der Waals surface area contributed by atoms with E-state index in [0.29, 0.717) is 22.1 Å². The van der Waals surface area contributed by atoms with Gasteiger partial charge in [-0.05, 0) is 24.3 Å². The molecule has 0 saturated carbocycles. The number of benzene rings is 1. The summed E-state index contributed by atoms with van der Waals surface area (Å²) in [4.78, 5) is 13.3. The van der Waals surface area contributed by atoms with Gasteiger partial charge in [0.1, 0.15) is 11.5 Å². The number of hydrogen-bond donors (Lipinski definition) is 0. The number of ketones is 1. The van der Waals surface area contributed by atoms with Crippen molar-refractivity contribution in [3.05, 3.63) is 46.0 Å². The maximum Gasteiger partial charge on any atom is 0.177 e. The summed E-state index contributed by atoms with van der Waals surface area (Å²) in [5.74, 6) is 1.51. The molecule has 0 atom stereocenters. The van der Waals surface area contributed by atoms with Crippen molar-refractivity contribution >= 4 is 29.1 Å². The molecule has 0 aromatic heterocycles. The Morgan fingerprint density at radius 1 is 1.38 bits per heavy atom. The lowest BCUT2D eigenvalue weighted by Gasteiger charge is -2.22. The number of fused-ring (bicyclic) bond motifs is 1. The number of carbonyl (C=O) groups is 1. The Balaban J connectivity index is 2.07. The zero-order valence-corrected chi connectivity index (χ0v) is 9.77. The normalized spacial score (nSPS) is 17.9. The second-order valence-electron chi connectivity index (χ2n) is 3.52. The summed E-state index contributed by atoms with van der Waals surface area (Å²) in [5.41, 5.74) is 0. The molecule has 3 rings (SSSR count). The van der Waals surface area contributed by atoms with Gasteiger partial charge in [0.15, 0.2) is 5.78 Å². The molecule has 0 amide bonds. The molecule has 4 heteroatoms. The van der Waals surface area contributed by atoms with Gasteiger partial charge in [-0.2, -0.15) is 0 Å². The first-order valence-corrected chi connectivity index (χ1v) is 6.03. The average Bonchev–Trinajstić information content (AvgIpc) is 2.28. The SMILES string of the molecule is O=C1CC=CC2=C1Sc1cc(Cl)ccc1O2. The molecule has 0 spiro atoms. The molecule has 0 radical (unpaired) electrons. The first kappa shape index (κ1) is 10.00. The highest BCUT2D eigenvalue weighted by Gasteiger charge is 2.26. The lowest BCUT2D eigenvalue weighted by atomic mass is 10.1. The number of Topliss-reactive ketones (excluding diaryl/α,β-unsaturated/α-hetero) is 1. The number of hydrogen-bond acceptors (Lipinski definition) is 3. The van der Waals surface area contributed by atoms with Crippen LogP contribution in [0, 0.1) is 0 Å². The monoisotopic (exact) mass is 250 g/mol. The van der Waals surface area contributed by atoms with E-state index in [9.17, 15) is 4.79 Å². The molecule has 16 heavy (non-hydrogen) atoms. The molecule has 1 aliphatic carbocycles. The fraction of sp³-hybridized carbons (Fsp3) is 0.0833. The minimum atomic E-state index is 0.105. The third kappa shape index (κ3) is 1.56. The van der Waals surface area contributed by atoms with Crippen molar-refractivity contribution in [2.75, 3.05) is 0 Å². The van der Waals surface area contributed by atoms with Crippen molar-refractivity contribution in [1.82, 2.24) is 0 Å². The van der Waals surface area contributed by atoms with Gasteiger partial charge in [0.05, 0.1) is 9.80 Å². The maximum absolute atomic E-state index is 11.7. The Bertz CT molecular complexity index is 546. The Kier molecular flexibility index (Phi) is 2.30. The zero-order chi connectivity index (χ0) is 11.1. The summed E-state index contributed by atoms with van der Waals surface area (Å²) < 4.78 is 5.65. The molecule has 0 saturated heterocycles. The number of halogens is 1. The van der Waals surface area contributed by atoms with E-state index >= 15 is 0 Å². The lowest BCUT2D eigenvalue weighted by Crippen LogP contribution is -2.12. The molecule has 2 nitrogen and oxygen atoms in total. The third-order valence-electron chi connectivity index (χ3n) is 2.39. The van der Waals surface area contributed by atoms with Crippen LogP contribution >= 0.6 is 23.4 Å². The zero-order valence-electron chi connectivity index (χ0n) is 8.20. The van der Waals surface area contributed by atoms with Gasteiger partial charge in [-0.3, -0.25) is 4.79 Å². The first-order valence-electron chi connectivity index (χ1n) is 4.83. The Hall–Kier alpha value is -1.19. The van der Waals surface area contributed by atoms with Crippen molar-refractivity contribution in [1.29, 1.82) is 0 Å². The molecule has 0 unspecified atom stereocenters. The summed E-state index contributed by atoms with van der Waals surface area (Å²) in [6.07, 6.45) is 4.12. The van der Waals surface area contributed by atoms with Crippen molar-refractivity contribution in [3.63, 3.8) is 0 Å². The van der Waals surface area contributed by atoms with Crippen LogP contribution in [0.3, 0.4) is 0 Å². The first-order chi connectivity index (χ1) is 7.74. The maximum atomic E-state index is 11.7. The summed E-state index contributed by atoms with van der Waals surface area (Å²) in [6.45, 7) is 0. The van der Waals surface area contributed by atoms with Crippen molar-refractivity contribution in [3.8, 4) is 5.75 Å². The summed E-state index contributed by atoms with van der Waals surface area (Å²) in [6, 6.07) is 5.42. The summed E-state index contributed by atoms with van der Waals surface area (Å²) >= 11 is 7.34. The molecule has 2 aliphatic rings. The van der Waals surface area contributed by atoms with Gasteiger partial charge in [0, 0.05) is 11.4 Å². The van der Waals surface area contributed by atoms with Crippen molar-refractivity contribution in [2.45, 2.75) is 11.3 Å². The van der Waals surface area contributed by atoms with Gasteiger partial charge in [-0.25, -0.2) is 0 Å². The lowest BCUT2D eigenvalue weighted by molar-refractivity contribution is -0.114. The molecule has 80 valence electrons. The number of allylic oxidation sites excluding steroid dienone is 3. The summed E-state index contributed by atoms with van der Waals surface area (Å²) in [5, 5.41) is 0.651. The largest absolute Gasteiger partial charge is 0.455 e. The predicted octanol–water partition coefficient (Wildman–Crippen LogP) is 3.57. The molecule has 1 aromatic rings. The van der Waals surface area contributed by atoms with Crippen molar-refractivity contribution in [2.24, 2.45) is 0 Å². The molecule has 0 bridgehead atoms. The van der Waals surface area contributed by atoms with Gasteiger partial charge in [-0.1, -0.05) is 29.4 Å². The van der Waals surface area contributed by atoms with Gasteiger partial charge in [0.2, 0.25) is 0 Å². The third-order valence-corrected chi connectivity index (χ3v) is 3.79. The average molecular weight is 251 g/mol. The van der Waals surface area contributed by atoms with Gasteiger partial charge >= 0.3 is 0 Å².